The summed E-state index contributed by atoms with van der Waals surface area (Å²) >= 11 is 3.09. The SMILES string of the molecule is O=C(CNC(=O)c1ccc(Br)o1)NCC(O)C1CC1. The summed E-state index contributed by atoms with van der Waals surface area (Å²) in [6.45, 7) is 0.0835. The van der Waals surface area contributed by atoms with Crippen LogP contribution in [0.5, 0.6) is 0 Å². The molecule has 6 nitrogen and oxygen atoms in total. The molecule has 0 bridgehead atoms. The summed E-state index contributed by atoms with van der Waals surface area (Å²) in [5, 5.41) is 14.6. The first-order valence-corrected chi connectivity index (χ1v) is 6.84. The van der Waals surface area contributed by atoms with Gasteiger partial charge in [0.2, 0.25) is 5.91 Å². The van der Waals surface area contributed by atoms with Crippen molar-refractivity contribution in [1.29, 1.82) is 0 Å². The molecule has 1 heterocycles. The van der Waals surface area contributed by atoms with Gasteiger partial charge in [-0.3, -0.25) is 9.59 Å². The molecule has 7 heteroatoms. The van der Waals surface area contributed by atoms with Gasteiger partial charge in [-0.1, -0.05) is 0 Å². The van der Waals surface area contributed by atoms with E-state index >= 15 is 0 Å². The smallest absolute Gasteiger partial charge is 0.287 e. The van der Waals surface area contributed by atoms with E-state index < -0.39 is 12.0 Å². The second-order valence-corrected chi connectivity index (χ2v) is 5.28. The molecular formula is C12H15BrN2O4. The van der Waals surface area contributed by atoms with Gasteiger partial charge in [0.1, 0.15) is 0 Å². The fourth-order valence-corrected chi connectivity index (χ4v) is 1.92. The molecule has 19 heavy (non-hydrogen) atoms. The number of aliphatic hydroxyl groups is 1. The van der Waals surface area contributed by atoms with Gasteiger partial charge in [-0.2, -0.15) is 0 Å². The molecule has 1 unspecified atom stereocenters. The third-order valence-electron chi connectivity index (χ3n) is 2.88. The van der Waals surface area contributed by atoms with Crippen molar-refractivity contribution in [2.75, 3.05) is 13.1 Å². The van der Waals surface area contributed by atoms with Gasteiger partial charge in [-0.05, 0) is 46.8 Å². The quantitative estimate of drug-likeness (QED) is 0.714. The number of aliphatic hydroxyl groups excluding tert-OH is 1. The van der Waals surface area contributed by atoms with Crippen LogP contribution in [0.4, 0.5) is 0 Å². The number of hydrogen-bond acceptors (Lipinski definition) is 4. The van der Waals surface area contributed by atoms with Crippen molar-refractivity contribution < 1.29 is 19.1 Å². The molecule has 2 rings (SSSR count). The van der Waals surface area contributed by atoms with Crippen molar-refractivity contribution in [3.63, 3.8) is 0 Å². The summed E-state index contributed by atoms with van der Waals surface area (Å²) in [7, 11) is 0. The van der Waals surface area contributed by atoms with Crippen molar-refractivity contribution in [2.24, 2.45) is 5.92 Å². The zero-order valence-corrected chi connectivity index (χ0v) is 11.8. The van der Waals surface area contributed by atoms with Crippen LogP contribution >= 0.6 is 15.9 Å². The van der Waals surface area contributed by atoms with Crippen LogP contribution in [0.25, 0.3) is 0 Å². The minimum atomic E-state index is -0.485. The number of amides is 2. The van der Waals surface area contributed by atoms with E-state index in [9.17, 15) is 14.7 Å². The standard InChI is InChI=1S/C12H15BrN2O4/c13-10-4-3-9(19-10)12(18)15-6-11(17)14-5-8(16)7-1-2-7/h3-4,7-8,16H,1-2,5-6H2,(H,14,17)(H,15,18). The summed E-state index contributed by atoms with van der Waals surface area (Å²) < 4.78 is 5.50. The first-order chi connectivity index (χ1) is 9.06. The average Bonchev–Trinajstić information content (AvgIpc) is 3.15. The molecule has 3 N–H and O–H groups in total. The Morgan fingerprint density at radius 2 is 2.16 bits per heavy atom. The predicted molar refractivity (Wildman–Crippen MR) is 70.5 cm³/mol. The van der Waals surface area contributed by atoms with Crippen LogP contribution in [0.1, 0.15) is 23.4 Å². The van der Waals surface area contributed by atoms with Crippen LogP contribution in [0, 0.1) is 5.92 Å². The molecule has 0 saturated heterocycles. The molecule has 2 amide bonds. The molecule has 1 aliphatic rings. The zero-order chi connectivity index (χ0) is 13.8. The number of nitrogens with one attached hydrogen (secondary N) is 2. The summed E-state index contributed by atoms with van der Waals surface area (Å²) in [5.41, 5.74) is 0. The highest BCUT2D eigenvalue weighted by molar-refractivity contribution is 9.10. The number of hydrogen-bond donors (Lipinski definition) is 3. The number of halogens is 1. The maximum absolute atomic E-state index is 11.6. The van der Waals surface area contributed by atoms with E-state index in [1.807, 2.05) is 0 Å². The summed E-state index contributed by atoms with van der Waals surface area (Å²) in [4.78, 5) is 23.0. The number of furan rings is 1. The van der Waals surface area contributed by atoms with Crippen LogP contribution < -0.4 is 10.6 Å². The average molecular weight is 331 g/mol. The molecule has 1 saturated carbocycles. The Hall–Kier alpha value is -1.34. The molecule has 1 aromatic heterocycles. The molecule has 0 aliphatic heterocycles. The van der Waals surface area contributed by atoms with Crippen LogP contribution in [-0.4, -0.2) is 36.1 Å². The number of rotatable bonds is 6. The van der Waals surface area contributed by atoms with Gasteiger partial charge in [-0.15, -0.1) is 0 Å². The number of carbonyl (C=O) groups excluding carboxylic acids is 2. The maximum Gasteiger partial charge on any atom is 0.287 e. The molecule has 0 spiro atoms. The molecule has 1 aromatic rings. The van der Waals surface area contributed by atoms with Crippen LogP contribution in [-0.2, 0) is 4.79 Å². The Kier molecular flexibility index (Phi) is 4.60. The van der Waals surface area contributed by atoms with E-state index in [0.29, 0.717) is 10.6 Å². The first kappa shape index (κ1) is 14.1. The lowest BCUT2D eigenvalue weighted by molar-refractivity contribution is -0.120. The van der Waals surface area contributed by atoms with E-state index in [-0.39, 0.29) is 24.8 Å². The molecule has 0 aromatic carbocycles. The Morgan fingerprint density at radius 1 is 1.42 bits per heavy atom. The minimum Gasteiger partial charge on any atom is -0.444 e. The van der Waals surface area contributed by atoms with Crippen LogP contribution in [0.2, 0.25) is 0 Å². The second kappa shape index (κ2) is 6.21. The third-order valence-corrected chi connectivity index (χ3v) is 3.31. The Labute approximate surface area is 118 Å². The fourth-order valence-electron chi connectivity index (χ4n) is 1.61. The molecule has 104 valence electrons. The van der Waals surface area contributed by atoms with Crippen molar-refractivity contribution in [3.05, 3.63) is 22.6 Å². The summed E-state index contributed by atoms with van der Waals surface area (Å²) in [5.74, 6) is -0.338. The second-order valence-electron chi connectivity index (χ2n) is 4.50. The Morgan fingerprint density at radius 3 is 2.74 bits per heavy atom. The number of carbonyl (C=O) groups is 2. The van der Waals surface area contributed by atoms with Crippen molar-refractivity contribution in [2.45, 2.75) is 18.9 Å². The van der Waals surface area contributed by atoms with Gasteiger partial charge >= 0.3 is 0 Å². The van der Waals surface area contributed by atoms with E-state index in [4.69, 9.17) is 4.42 Å². The van der Waals surface area contributed by atoms with E-state index in [1.165, 1.54) is 6.07 Å². The largest absolute Gasteiger partial charge is 0.444 e. The monoisotopic (exact) mass is 330 g/mol. The first-order valence-electron chi connectivity index (χ1n) is 6.04. The van der Waals surface area contributed by atoms with Gasteiger partial charge in [-0.25, -0.2) is 0 Å². The topological polar surface area (TPSA) is 91.6 Å². The van der Waals surface area contributed by atoms with E-state index in [1.54, 1.807) is 6.07 Å². The fraction of sp³-hybridized carbons (Fsp3) is 0.500. The van der Waals surface area contributed by atoms with Gasteiger partial charge in [0.05, 0.1) is 12.6 Å². The Balaban J connectivity index is 1.66. The highest BCUT2D eigenvalue weighted by Crippen LogP contribution is 2.32. The van der Waals surface area contributed by atoms with Gasteiger partial charge < -0.3 is 20.2 Å². The van der Waals surface area contributed by atoms with E-state index in [2.05, 4.69) is 26.6 Å². The molecule has 1 atom stereocenters. The van der Waals surface area contributed by atoms with Crippen molar-refractivity contribution in [3.8, 4) is 0 Å². The van der Waals surface area contributed by atoms with E-state index in [0.717, 1.165) is 12.8 Å². The highest BCUT2D eigenvalue weighted by atomic mass is 79.9. The minimum absolute atomic E-state index is 0.137. The summed E-state index contributed by atoms with van der Waals surface area (Å²) in [6.07, 6.45) is 1.54. The van der Waals surface area contributed by atoms with Crippen LogP contribution in [0.15, 0.2) is 21.2 Å². The van der Waals surface area contributed by atoms with Crippen molar-refractivity contribution >= 4 is 27.7 Å². The van der Waals surface area contributed by atoms with Gasteiger partial charge in [0, 0.05) is 6.54 Å². The zero-order valence-electron chi connectivity index (χ0n) is 10.2. The van der Waals surface area contributed by atoms with Gasteiger partial charge in [0.25, 0.3) is 5.91 Å². The highest BCUT2D eigenvalue weighted by Gasteiger charge is 2.29. The lowest BCUT2D eigenvalue weighted by atomic mass is 10.2. The molecule has 0 radical (unpaired) electrons. The Bertz CT molecular complexity index is 470. The predicted octanol–water partition coefficient (Wildman–Crippen LogP) is 0.659. The van der Waals surface area contributed by atoms with Crippen molar-refractivity contribution in [1.82, 2.24) is 10.6 Å². The third kappa shape index (κ3) is 4.36. The normalized spacial score (nSPS) is 15.9. The lowest BCUT2D eigenvalue weighted by Crippen LogP contribution is -2.40. The maximum atomic E-state index is 11.6. The molecule has 1 aliphatic carbocycles. The van der Waals surface area contributed by atoms with Gasteiger partial charge in [0.15, 0.2) is 10.4 Å². The summed E-state index contributed by atoms with van der Waals surface area (Å²) in [6, 6.07) is 3.11. The van der Waals surface area contributed by atoms with Crippen LogP contribution in [0.3, 0.4) is 0 Å². The molecule has 1 fully saturated rings. The lowest BCUT2D eigenvalue weighted by Gasteiger charge is -2.10. The molecular weight excluding hydrogens is 316 g/mol.